The summed E-state index contributed by atoms with van der Waals surface area (Å²) in [6.07, 6.45) is 10.1. The Morgan fingerprint density at radius 3 is 1.92 bits per heavy atom. The number of esters is 1. The van der Waals surface area contributed by atoms with E-state index in [4.69, 9.17) is 9.72 Å². The van der Waals surface area contributed by atoms with Crippen LogP contribution in [-0.4, -0.2) is 54.8 Å². The molecule has 0 saturated heterocycles. The van der Waals surface area contributed by atoms with E-state index in [1.807, 2.05) is 25.1 Å². The summed E-state index contributed by atoms with van der Waals surface area (Å²) >= 11 is 1.68. The minimum absolute atomic E-state index is 0.275. The summed E-state index contributed by atoms with van der Waals surface area (Å²) in [4.78, 5) is 19.5. The third-order valence-electron chi connectivity index (χ3n) is 8.05. The van der Waals surface area contributed by atoms with Gasteiger partial charge in [-0.15, -0.1) is 0 Å². The molecule has 5 rings (SSSR count). The first kappa shape index (κ1) is 27.6. The van der Waals surface area contributed by atoms with Crippen LogP contribution in [0.5, 0.6) is 0 Å². The highest BCUT2D eigenvalue weighted by molar-refractivity contribution is 7.99. The van der Waals surface area contributed by atoms with Crippen molar-refractivity contribution in [2.24, 2.45) is 0 Å². The lowest BCUT2D eigenvalue weighted by molar-refractivity contribution is 0.0526. The predicted molar refractivity (Wildman–Crippen MR) is 153 cm³/mol. The molecule has 0 radical (unpaired) electrons. The lowest BCUT2D eigenvalue weighted by Gasteiger charge is -2.34. The molecule has 2 bridgehead atoms. The lowest BCUT2D eigenvalue weighted by atomic mass is 9.89. The molecule has 0 amide bonds. The Balaban J connectivity index is 1.38. The number of rotatable bonds is 4. The predicted octanol–water partition coefficient (Wildman–Crippen LogP) is 4.40. The molecule has 1 aliphatic heterocycles. The first-order valence-corrected chi connectivity index (χ1v) is 15.4. The zero-order valence-corrected chi connectivity index (χ0v) is 23.5. The molecule has 4 N–H and O–H groups in total. The van der Waals surface area contributed by atoms with Crippen LogP contribution in [-0.2, 0) is 17.8 Å². The van der Waals surface area contributed by atoms with E-state index in [2.05, 4.69) is 39.5 Å². The molecule has 4 atom stereocenters. The van der Waals surface area contributed by atoms with Crippen molar-refractivity contribution in [1.29, 1.82) is 0 Å². The maximum absolute atomic E-state index is 12.3. The lowest BCUT2D eigenvalue weighted by Crippen LogP contribution is -2.53. The molecule has 2 aromatic rings. The summed E-state index contributed by atoms with van der Waals surface area (Å²) in [5.74, 6) is -0.275. The van der Waals surface area contributed by atoms with E-state index in [-0.39, 0.29) is 5.97 Å². The molecule has 206 valence electrons. The Labute approximate surface area is 231 Å². The van der Waals surface area contributed by atoms with E-state index in [9.17, 15) is 4.79 Å². The van der Waals surface area contributed by atoms with Gasteiger partial charge in [0.15, 0.2) is 0 Å². The monoisotopic (exact) mass is 537 g/mol. The highest BCUT2D eigenvalue weighted by atomic mass is 32.2. The fraction of sp³-hybridized carbons (Fsp3) is 0.600. The van der Waals surface area contributed by atoms with Crippen molar-refractivity contribution >= 4 is 17.7 Å². The number of hydrogen-bond donors (Lipinski definition) is 4. The van der Waals surface area contributed by atoms with Crippen molar-refractivity contribution in [3.05, 3.63) is 53.3 Å². The smallest absolute Gasteiger partial charge is 0.338 e. The average molecular weight is 538 g/mol. The number of pyridine rings is 1. The number of nitrogens with one attached hydrogen (secondary N) is 4. The molecule has 2 fully saturated rings. The first-order chi connectivity index (χ1) is 18.7. The Hall–Kier alpha value is -1.97. The number of fused-ring (bicyclic) bond motifs is 4. The van der Waals surface area contributed by atoms with Crippen LogP contribution in [0.15, 0.2) is 46.2 Å². The molecule has 1 aromatic heterocycles. The number of benzene rings is 1. The number of hydrogen-bond acceptors (Lipinski definition) is 8. The van der Waals surface area contributed by atoms with Crippen molar-refractivity contribution in [3.8, 4) is 0 Å². The van der Waals surface area contributed by atoms with Gasteiger partial charge in [-0.25, -0.2) is 4.79 Å². The minimum atomic E-state index is -0.275. The van der Waals surface area contributed by atoms with E-state index >= 15 is 0 Å². The third-order valence-corrected chi connectivity index (χ3v) is 9.01. The van der Waals surface area contributed by atoms with Gasteiger partial charge in [0.05, 0.1) is 23.6 Å². The van der Waals surface area contributed by atoms with Crippen molar-refractivity contribution in [1.82, 2.24) is 26.3 Å². The summed E-state index contributed by atoms with van der Waals surface area (Å²) < 4.78 is 5.21. The Morgan fingerprint density at radius 2 is 1.37 bits per heavy atom. The van der Waals surface area contributed by atoms with Gasteiger partial charge in [-0.1, -0.05) is 43.5 Å². The molecule has 2 aliphatic carbocycles. The number of carbonyl (C=O) groups is 1. The van der Waals surface area contributed by atoms with Crippen molar-refractivity contribution in [2.45, 2.75) is 105 Å². The van der Waals surface area contributed by atoms with E-state index in [0.29, 0.717) is 36.3 Å². The molecular weight excluding hydrogens is 494 g/mol. The Kier molecular flexibility index (Phi) is 10.1. The Morgan fingerprint density at radius 1 is 0.816 bits per heavy atom. The summed E-state index contributed by atoms with van der Waals surface area (Å²) in [6, 6.07) is 14.1. The second kappa shape index (κ2) is 13.9. The van der Waals surface area contributed by atoms with Gasteiger partial charge in [0, 0.05) is 60.1 Å². The van der Waals surface area contributed by atoms with Gasteiger partial charge < -0.3 is 26.0 Å². The number of aromatic nitrogens is 1. The van der Waals surface area contributed by atoms with Crippen LogP contribution in [0.3, 0.4) is 0 Å². The molecular formula is C30H43N5O2S. The number of ether oxygens (including phenoxy) is 1. The van der Waals surface area contributed by atoms with Crippen LogP contribution in [0, 0.1) is 0 Å². The number of nitrogens with zero attached hydrogens (tertiary/aromatic N) is 1. The topological polar surface area (TPSA) is 87.3 Å². The molecule has 3 aliphatic rings. The molecule has 2 heterocycles. The fourth-order valence-electron chi connectivity index (χ4n) is 6.12. The molecule has 8 heteroatoms. The third kappa shape index (κ3) is 7.57. The summed E-state index contributed by atoms with van der Waals surface area (Å²) in [7, 11) is 0. The van der Waals surface area contributed by atoms with Crippen LogP contribution in [0.25, 0.3) is 0 Å². The van der Waals surface area contributed by atoms with Crippen LogP contribution in [0.2, 0.25) is 0 Å². The zero-order valence-electron chi connectivity index (χ0n) is 22.6. The standard InChI is InChI=1S/C30H43N5O2S/c1-2-37-30(36)21-8-7-9-24(16-21)38-25-17-22-19-33-28-12-5-3-10-26(28)31-14-15-32-27-11-4-6-13-29(27)34-20-23(18-25)35-22/h7-9,16-18,26-29,31-34H,2-6,10-15,19-20H2,1H3/t26-,27-,28-,29-/m1/s1. The van der Waals surface area contributed by atoms with E-state index in [0.717, 1.165) is 47.4 Å². The molecule has 2 saturated carbocycles. The maximum Gasteiger partial charge on any atom is 0.338 e. The van der Waals surface area contributed by atoms with E-state index < -0.39 is 0 Å². The fourth-order valence-corrected chi connectivity index (χ4v) is 7.12. The van der Waals surface area contributed by atoms with Gasteiger partial charge in [-0.05, 0) is 62.9 Å². The average Bonchev–Trinajstić information content (AvgIpc) is 2.94. The van der Waals surface area contributed by atoms with Gasteiger partial charge in [0.25, 0.3) is 0 Å². The first-order valence-electron chi connectivity index (χ1n) is 14.6. The SMILES string of the molecule is CCOC(=O)c1cccc(Sc2cc3nc(c2)CN[C@@H]2CCCC[C@H]2NCCN[C@@H]2CCCC[C@H]2NC3)c1. The van der Waals surface area contributed by atoms with Crippen LogP contribution >= 0.6 is 11.8 Å². The van der Waals surface area contributed by atoms with E-state index in [1.54, 1.807) is 11.8 Å². The summed E-state index contributed by atoms with van der Waals surface area (Å²) in [5, 5.41) is 15.4. The number of carbonyl (C=O) groups excluding carboxylic acids is 1. The second-order valence-electron chi connectivity index (χ2n) is 10.8. The van der Waals surface area contributed by atoms with E-state index in [1.165, 1.54) is 51.4 Å². The van der Waals surface area contributed by atoms with Gasteiger partial charge in [-0.3, -0.25) is 4.98 Å². The van der Waals surface area contributed by atoms with Crippen LogP contribution in [0.1, 0.15) is 80.0 Å². The van der Waals surface area contributed by atoms with Crippen molar-refractivity contribution in [3.63, 3.8) is 0 Å². The maximum atomic E-state index is 12.3. The summed E-state index contributed by atoms with van der Waals surface area (Å²) in [6.45, 7) is 5.77. The molecule has 0 spiro atoms. The Bertz CT molecular complexity index is 1020. The quantitative estimate of drug-likeness (QED) is 0.427. The van der Waals surface area contributed by atoms with Crippen molar-refractivity contribution < 1.29 is 9.53 Å². The molecule has 38 heavy (non-hydrogen) atoms. The van der Waals surface area contributed by atoms with Gasteiger partial charge in [0.1, 0.15) is 0 Å². The highest BCUT2D eigenvalue weighted by Crippen LogP contribution is 2.30. The van der Waals surface area contributed by atoms with Crippen LogP contribution < -0.4 is 21.3 Å². The molecule has 0 unspecified atom stereocenters. The minimum Gasteiger partial charge on any atom is -0.462 e. The van der Waals surface area contributed by atoms with Gasteiger partial charge in [-0.2, -0.15) is 0 Å². The van der Waals surface area contributed by atoms with Gasteiger partial charge >= 0.3 is 5.97 Å². The largest absolute Gasteiger partial charge is 0.462 e. The van der Waals surface area contributed by atoms with Gasteiger partial charge in [0.2, 0.25) is 0 Å². The summed E-state index contributed by atoms with van der Waals surface area (Å²) in [5.41, 5.74) is 2.74. The zero-order chi connectivity index (χ0) is 26.2. The molecule has 7 nitrogen and oxygen atoms in total. The van der Waals surface area contributed by atoms with Crippen LogP contribution in [0.4, 0.5) is 0 Å². The molecule has 1 aromatic carbocycles. The second-order valence-corrected chi connectivity index (χ2v) is 11.9. The normalized spacial score (nSPS) is 26.8. The highest BCUT2D eigenvalue weighted by Gasteiger charge is 2.27. The van der Waals surface area contributed by atoms with Crippen molar-refractivity contribution in [2.75, 3.05) is 19.7 Å².